The lowest BCUT2D eigenvalue weighted by molar-refractivity contribution is 0.0686. The first-order valence-corrected chi connectivity index (χ1v) is 12.9. The van der Waals surface area contributed by atoms with Gasteiger partial charge < -0.3 is 24.9 Å². The number of benzene rings is 3. The van der Waals surface area contributed by atoms with Gasteiger partial charge in [0.2, 0.25) is 17.0 Å². The van der Waals surface area contributed by atoms with E-state index < -0.39 is 17.8 Å². The van der Waals surface area contributed by atoms with Crippen molar-refractivity contribution >= 4 is 39.8 Å². The number of halogens is 1. The number of aromatic nitrogens is 3. The van der Waals surface area contributed by atoms with Gasteiger partial charge in [-0.2, -0.15) is 9.97 Å². The van der Waals surface area contributed by atoms with Crippen molar-refractivity contribution < 1.29 is 33.1 Å². The summed E-state index contributed by atoms with van der Waals surface area (Å²) in [6.45, 7) is 4.04. The summed E-state index contributed by atoms with van der Waals surface area (Å²) in [5.41, 5.74) is 7.31. The van der Waals surface area contributed by atoms with E-state index in [0.29, 0.717) is 16.5 Å². The molecule has 6 rings (SSSR count). The van der Waals surface area contributed by atoms with E-state index in [1.165, 1.54) is 30.3 Å². The SMILES string of the molecule is CC(C)c1ccc2oc3nc(N)c(C(=O)O)cc3c(=O)c2c1.O=C(O)c1cccc(-c2noc(-c3ccccc3F)n2)c1. The maximum atomic E-state index is 13.7. The summed E-state index contributed by atoms with van der Waals surface area (Å²) in [6.07, 6.45) is 0. The number of carboxylic acids is 2. The number of anilines is 1. The van der Waals surface area contributed by atoms with E-state index in [4.69, 9.17) is 24.9 Å². The molecule has 0 aliphatic heterocycles. The summed E-state index contributed by atoms with van der Waals surface area (Å²) in [5, 5.41) is 22.3. The smallest absolute Gasteiger partial charge is 0.339 e. The number of fused-ring (bicyclic) bond motifs is 2. The van der Waals surface area contributed by atoms with Crippen molar-refractivity contribution in [2.45, 2.75) is 19.8 Å². The maximum absolute atomic E-state index is 13.7. The molecule has 0 unspecified atom stereocenters. The Hall–Kier alpha value is -5.91. The fourth-order valence-electron chi connectivity index (χ4n) is 4.22. The standard InChI is InChI=1S/C16H14N2O4.C15H9FN2O3/c1-7(2)8-3-4-12-9(5-8)13(19)10-6-11(16(20)21)14(17)18-15(10)22-12;16-12-7-2-1-6-11(12)14-17-13(18-21-14)9-4-3-5-10(8-9)15(19)20/h3-7H,1-2H3,(H2,17,18)(H,20,21);1-8H,(H,19,20). The molecule has 11 nitrogen and oxygen atoms in total. The quantitative estimate of drug-likeness (QED) is 0.203. The van der Waals surface area contributed by atoms with Crippen LogP contribution in [-0.4, -0.2) is 37.3 Å². The number of nitrogens with zero attached hydrogens (tertiary/aromatic N) is 3. The molecule has 0 aliphatic rings. The number of hydrogen-bond donors (Lipinski definition) is 3. The van der Waals surface area contributed by atoms with Gasteiger partial charge in [-0.15, -0.1) is 0 Å². The van der Waals surface area contributed by atoms with Gasteiger partial charge in [0.05, 0.1) is 21.9 Å². The van der Waals surface area contributed by atoms with Crippen LogP contribution in [0, 0.1) is 5.82 Å². The number of nitrogen functional groups attached to an aromatic ring is 1. The molecule has 0 fully saturated rings. The molecule has 4 N–H and O–H groups in total. The lowest BCUT2D eigenvalue weighted by atomic mass is 10.0. The summed E-state index contributed by atoms with van der Waals surface area (Å²) in [5.74, 6) is -2.41. The van der Waals surface area contributed by atoms with Crippen LogP contribution >= 0.6 is 0 Å². The van der Waals surface area contributed by atoms with Crippen molar-refractivity contribution in [2.75, 3.05) is 5.73 Å². The molecule has 0 radical (unpaired) electrons. The maximum Gasteiger partial charge on any atom is 0.339 e. The molecule has 43 heavy (non-hydrogen) atoms. The van der Waals surface area contributed by atoms with E-state index in [-0.39, 0.29) is 56.7 Å². The van der Waals surface area contributed by atoms with Crippen LogP contribution in [0.25, 0.3) is 44.9 Å². The van der Waals surface area contributed by atoms with Crippen LogP contribution in [0.1, 0.15) is 46.0 Å². The third kappa shape index (κ3) is 5.79. The molecule has 12 heteroatoms. The summed E-state index contributed by atoms with van der Waals surface area (Å²) >= 11 is 0. The summed E-state index contributed by atoms with van der Waals surface area (Å²) < 4.78 is 24.3. The van der Waals surface area contributed by atoms with Gasteiger partial charge in [-0.3, -0.25) is 4.79 Å². The van der Waals surface area contributed by atoms with E-state index in [0.717, 1.165) is 5.56 Å². The van der Waals surface area contributed by atoms with Gasteiger partial charge >= 0.3 is 11.9 Å². The van der Waals surface area contributed by atoms with Crippen molar-refractivity contribution in [3.8, 4) is 22.8 Å². The second kappa shape index (κ2) is 11.5. The lowest BCUT2D eigenvalue weighted by Gasteiger charge is -2.07. The molecule has 3 aromatic carbocycles. The van der Waals surface area contributed by atoms with Crippen LogP contribution < -0.4 is 11.2 Å². The van der Waals surface area contributed by atoms with Gasteiger partial charge in [0.1, 0.15) is 22.8 Å². The normalized spacial score (nSPS) is 11.0. The molecule has 3 heterocycles. The van der Waals surface area contributed by atoms with E-state index in [1.54, 1.807) is 36.4 Å². The Morgan fingerprint density at radius 3 is 2.37 bits per heavy atom. The van der Waals surface area contributed by atoms with Crippen LogP contribution in [0.5, 0.6) is 0 Å². The third-order valence-electron chi connectivity index (χ3n) is 6.51. The van der Waals surface area contributed by atoms with E-state index >= 15 is 0 Å². The molecule has 0 saturated heterocycles. The number of hydrogen-bond acceptors (Lipinski definition) is 9. The van der Waals surface area contributed by atoms with E-state index in [1.807, 2.05) is 19.9 Å². The van der Waals surface area contributed by atoms with Crippen LogP contribution in [0.15, 0.2) is 86.5 Å². The Balaban J connectivity index is 0.000000171. The minimum atomic E-state index is -1.23. The fourth-order valence-corrected chi connectivity index (χ4v) is 4.22. The zero-order chi connectivity index (χ0) is 30.8. The van der Waals surface area contributed by atoms with Gasteiger partial charge in [-0.25, -0.2) is 14.0 Å². The van der Waals surface area contributed by atoms with Gasteiger partial charge in [0.15, 0.2) is 0 Å². The summed E-state index contributed by atoms with van der Waals surface area (Å²) in [4.78, 5) is 42.7. The van der Waals surface area contributed by atoms with E-state index in [9.17, 15) is 18.8 Å². The first-order chi connectivity index (χ1) is 20.5. The fraction of sp³-hybridized carbons (Fsp3) is 0.0968. The first kappa shape index (κ1) is 28.6. The highest BCUT2D eigenvalue weighted by Gasteiger charge is 2.17. The highest BCUT2D eigenvalue weighted by Crippen LogP contribution is 2.26. The van der Waals surface area contributed by atoms with Crippen LogP contribution in [-0.2, 0) is 0 Å². The first-order valence-electron chi connectivity index (χ1n) is 12.9. The van der Waals surface area contributed by atoms with Crippen molar-refractivity contribution in [2.24, 2.45) is 0 Å². The van der Waals surface area contributed by atoms with Gasteiger partial charge in [-0.05, 0) is 53.9 Å². The molecule has 0 spiro atoms. The Kier molecular flexibility index (Phi) is 7.67. The largest absolute Gasteiger partial charge is 0.478 e. The van der Waals surface area contributed by atoms with Crippen molar-refractivity contribution in [1.29, 1.82) is 0 Å². The monoisotopic (exact) mass is 582 g/mol. The molecular weight excluding hydrogens is 559 g/mol. The Morgan fingerprint density at radius 1 is 0.907 bits per heavy atom. The van der Waals surface area contributed by atoms with Gasteiger partial charge in [-0.1, -0.05) is 49.3 Å². The molecule has 0 aliphatic carbocycles. The van der Waals surface area contributed by atoms with Crippen molar-refractivity contribution in [1.82, 2.24) is 15.1 Å². The summed E-state index contributed by atoms with van der Waals surface area (Å²) in [6, 6.07) is 18.8. The Labute approximate surface area is 242 Å². The summed E-state index contributed by atoms with van der Waals surface area (Å²) in [7, 11) is 0. The molecular formula is C31H23FN4O7. The number of pyridine rings is 1. The minimum absolute atomic E-state index is 0.0392. The zero-order valence-electron chi connectivity index (χ0n) is 22.7. The molecule has 0 atom stereocenters. The molecule has 6 aromatic rings. The number of nitrogens with two attached hydrogens (primary N) is 1. The predicted molar refractivity (Wildman–Crippen MR) is 155 cm³/mol. The second-order valence-electron chi connectivity index (χ2n) is 9.71. The van der Waals surface area contributed by atoms with Crippen LogP contribution in [0.4, 0.5) is 10.2 Å². The van der Waals surface area contributed by atoms with Crippen molar-refractivity contribution in [3.05, 3.63) is 106 Å². The van der Waals surface area contributed by atoms with E-state index in [2.05, 4.69) is 15.1 Å². The number of aromatic carboxylic acids is 2. The zero-order valence-corrected chi connectivity index (χ0v) is 22.7. The number of carbonyl (C=O) groups is 2. The molecule has 0 amide bonds. The van der Waals surface area contributed by atoms with Gasteiger partial charge in [0, 0.05) is 5.56 Å². The minimum Gasteiger partial charge on any atom is -0.478 e. The topological polar surface area (TPSA) is 183 Å². The second-order valence-corrected chi connectivity index (χ2v) is 9.71. The highest BCUT2D eigenvalue weighted by atomic mass is 19.1. The molecule has 216 valence electrons. The van der Waals surface area contributed by atoms with Crippen molar-refractivity contribution in [3.63, 3.8) is 0 Å². The molecule has 0 saturated carbocycles. The highest BCUT2D eigenvalue weighted by molar-refractivity contribution is 5.98. The number of rotatable bonds is 5. The Morgan fingerprint density at radius 2 is 1.67 bits per heavy atom. The predicted octanol–water partition coefficient (Wildman–Crippen LogP) is 5.99. The lowest BCUT2D eigenvalue weighted by Crippen LogP contribution is -2.09. The third-order valence-corrected chi connectivity index (χ3v) is 6.51. The molecule has 0 bridgehead atoms. The van der Waals surface area contributed by atoms with Gasteiger partial charge in [0.25, 0.3) is 5.89 Å². The number of carboxylic acid groups (broad SMARTS) is 2. The Bertz CT molecular complexity index is 2090. The van der Waals surface area contributed by atoms with Crippen LogP contribution in [0.2, 0.25) is 0 Å². The average Bonchev–Trinajstić information content (AvgIpc) is 3.47. The van der Waals surface area contributed by atoms with Crippen LogP contribution in [0.3, 0.4) is 0 Å². The molecule has 3 aromatic heterocycles. The average molecular weight is 583 g/mol.